The number of fused-ring (bicyclic) bond motifs is 3. The Balaban J connectivity index is 1.59. The van der Waals surface area contributed by atoms with Crippen molar-refractivity contribution in [3.63, 3.8) is 0 Å². The average Bonchev–Trinajstić information content (AvgIpc) is 3.20. The zero-order valence-corrected chi connectivity index (χ0v) is 15.5. The molecule has 144 valence electrons. The number of rotatable bonds is 3. The monoisotopic (exact) mass is 385 g/mol. The maximum absolute atomic E-state index is 9.40. The van der Waals surface area contributed by atoms with Crippen molar-refractivity contribution in [2.75, 3.05) is 5.73 Å². The third-order valence-corrected chi connectivity index (χ3v) is 5.22. The fraction of sp³-hybridized carbons (Fsp3) is 0.0909. The highest BCUT2D eigenvalue weighted by atomic mass is 16.5. The smallest absolute Gasteiger partial charge is 0.146 e. The van der Waals surface area contributed by atoms with Crippen LogP contribution in [0.5, 0.6) is 17.2 Å². The minimum absolute atomic E-state index is 0.151. The van der Waals surface area contributed by atoms with Gasteiger partial charge in [-0.05, 0) is 47.5 Å². The predicted molar refractivity (Wildman–Crippen MR) is 113 cm³/mol. The molecule has 1 aliphatic rings. The standard InChI is InChI=1S/C22H19N5O2/c1-12-17(23)10-27-20(12)18(19-21(24)25-11-26-22(19)27)13-2-6-15(7-3-13)29-16-8-4-14(28)5-9-16/h2-9,11,17,28H,1,10,23H2,(H2,24,25,26)/t17-/m1/s1. The average molecular weight is 385 g/mol. The van der Waals surface area contributed by atoms with E-state index in [0.29, 0.717) is 23.9 Å². The molecule has 29 heavy (non-hydrogen) atoms. The molecule has 0 aliphatic carbocycles. The molecule has 4 aromatic rings. The summed E-state index contributed by atoms with van der Waals surface area (Å²) in [5.41, 5.74) is 16.9. The third kappa shape index (κ3) is 2.71. The van der Waals surface area contributed by atoms with E-state index in [1.807, 2.05) is 24.3 Å². The SMILES string of the molecule is C=C1c2c(-c3ccc(Oc4ccc(O)cc4)cc3)c3c(N)ncnc3n2C[C@H]1N. The highest BCUT2D eigenvalue weighted by Crippen LogP contribution is 2.43. The molecular weight excluding hydrogens is 366 g/mol. The van der Waals surface area contributed by atoms with E-state index in [9.17, 15) is 5.11 Å². The van der Waals surface area contributed by atoms with Gasteiger partial charge in [0, 0.05) is 18.2 Å². The van der Waals surface area contributed by atoms with Gasteiger partial charge in [0.05, 0.1) is 11.1 Å². The second-order valence-electron chi connectivity index (χ2n) is 7.04. The maximum atomic E-state index is 9.40. The zero-order valence-electron chi connectivity index (χ0n) is 15.5. The number of hydrogen-bond donors (Lipinski definition) is 3. The molecule has 0 radical (unpaired) electrons. The molecule has 5 N–H and O–H groups in total. The first-order valence-corrected chi connectivity index (χ1v) is 9.17. The Morgan fingerprint density at radius 3 is 2.38 bits per heavy atom. The van der Waals surface area contributed by atoms with Crippen molar-refractivity contribution in [3.8, 4) is 28.4 Å². The first kappa shape index (κ1) is 17.3. The van der Waals surface area contributed by atoms with Gasteiger partial charge in [0.25, 0.3) is 0 Å². The molecule has 0 bridgehead atoms. The number of aromatic nitrogens is 3. The van der Waals surface area contributed by atoms with Crippen LogP contribution in [0.2, 0.25) is 0 Å². The van der Waals surface area contributed by atoms with Crippen LogP contribution in [0.4, 0.5) is 5.82 Å². The van der Waals surface area contributed by atoms with E-state index in [0.717, 1.165) is 33.4 Å². The molecule has 0 saturated carbocycles. The molecule has 5 rings (SSSR count). The van der Waals surface area contributed by atoms with Crippen LogP contribution in [0, 0.1) is 0 Å². The number of anilines is 1. The predicted octanol–water partition coefficient (Wildman–Crippen LogP) is 3.53. The Hall–Kier alpha value is -3.84. The van der Waals surface area contributed by atoms with Gasteiger partial charge < -0.3 is 25.9 Å². The van der Waals surface area contributed by atoms with Gasteiger partial charge in [0.1, 0.15) is 35.0 Å². The third-order valence-electron chi connectivity index (χ3n) is 5.22. The van der Waals surface area contributed by atoms with E-state index < -0.39 is 0 Å². The summed E-state index contributed by atoms with van der Waals surface area (Å²) >= 11 is 0. The molecule has 0 fully saturated rings. The van der Waals surface area contributed by atoms with E-state index in [-0.39, 0.29) is 11.8 Å². The first-order valence-electron chi connectivity index (χ1n) is 9.17. The van der Waals surface area contributed by atoms with Gasteiger partial charge in [-0.15, -0.1) is 0 Å². The Kier molecular flexibility index (Phi) is 3.78. The Morgan fingerprint density at radius 2 is 1.69 bits per heavy atom. The normalized spacial score (nSPS) is 15.6. The lowest BCUT2D eigenvalue weighted by Gasteiger charge is -2.10. The van der Waals surface area contributed by atoms with E-state index in [4.69, 9.17) is 16.2 Å². The molecule has 3 heterocycles. The van der Waals surface area contributed by atoms with Gasteiger partial charge in [-0.1, -0.05) is 18.7 Å². The van der Waals surface area contributed by atoms with E-state index in [1.165, 1.54) is 6.33 Å². The summed E-state index contributed by atoms with van der Waals surface area (Å²) in [6, 6.07) is 14.1. The Morgan fingerprint density at radius 1 is 1.03 bits per heavy atom. The van der Waals surface area contributed by atoms with Crippen LogP contribution >= 0.6 is 0 Å². The number of nitrogen functional groups attached to an aromatic ring is 1. The van der Waals surface area contributed by atoms with Crippen molar-refractivity contribution in [1.29, 1.82) is 0 Å². The van der Waals surface area contributed by atoms with Gasteiger partial charge in [0.15, 0.2) is 0 Å². The summed E-state index contributed by atoms with van der Waals surface area (Å²) in [4.78, 5) is 8.62. The molecule has 2 aromatic carbocycles. The van der Waals surface area contributed by atoms with Crippen LogP contribution in [0.3, 0.4) is 0 Å². The minimum atomic E-state index is -0.151. The molecule has 2 aromatic heterocycles. The quantitative estimate of drug-likeness (QED) is 0.497. The topological polar surface area (TPSA) is 112 Å². The molecular formula is C22H19N5O2. The van der Waals surface area contributed by atoms with Crippen LogP contribution in [0.15, 0.2) is 61.4 Å². The molecule has 1 aliphatic heterocycles. The number of aromatic hydroxyl groups is 1. The largest absolute Gasteiger partial charge is 0.508 e. The van der Waals surface area contributed by atoms with Crippen LogP contribution < -0.4 is 16.2 Å². The zero-order chi connectivity index (χ0) is 20.1. The number of benzene rings is 2. The Bertz CT molecular complexity index is 1240. The van der Waals surface area contributed by atoms with Crippen LogP contribution in [0.25, 0.3) is 27.7 Å². The number of ether oxygens (including phenoxy) is 1. The Labute approximate surface area is 166 Å². The summed E-state index contributed by atoms with van der Waals surface area (Å²) in [5, 5.41) is 10.2. The van der Waals surface area contributed by atoms with Gasteiger partial charge in [-0.2, -0.15) is 0 Å². The molecule has 0 saturated heterocycles. The summed E-state index contributed by atoms with van der Waals surface area (Å²) < 4.78 is 7.91. The summed E-state index contributed by atoms with van der Waals surface area (Å²) in [6.07, 6.45) is 1.47. The molecule has 7 nitrogen and oxygen atoms in total. The highest BCUT2D eigenvalue weighted by molar-refractivity contribution is 6.06. The minimum Gasteiger partial charge on any atom is -0.508 e. The molecule has 0 amide bonds. The van der Waals surface area contributed by atoms with Crippen molar-refractivity contribution in [2.24, 2.45) is 5.73 Å². The van der Waals surface area contributed by atoms with Crippen LogP contribution in [-0.2, 0) is 6.54 Å². The van der Waals surface area contributed by atoms with Crippen LogP contribution in [0.1, 0.15) is 5.69 Å². The van der Waals surface area contributed by atoms with Gasteiger partial charge in [0.2, 0.25) is 0 Å². The van der Waals surface area contributed by atoms with E-state index in [2.05, 4.69) is 21.1 Å². The fourth-order valence-corrected chi connectivity index (χ4v) is 3.81. The summed E-state index contributed by atoms with van der Waals surface area (Å²) in [7, 11) is 0. The molecule has 7 heteroatoms. The second kappa shape index (κ2) is 6.35. The summed E-state index contributed by atoms with van der Waals surface area (Å²) in [6.45, 7) is 4.80. The first-order chi connectivity index (χ1) is 14.0. The lowest BCUT2D eigenvalue weighted by Crippen LogP contribution is -2.20. The molecule has 0 unspecified atom stereocenters. The van der Waals surface area contributed by atoms with Crippen LogP contribution in [-0.4, -0.2) is 25.7 Å². The molecule has 0 spiro atoms. The van der Waals surface area contributed by atoms with Crippen molar-refractivity contribution in [1.82, 2.24) is 14.5 Å². The van der Waals surface area contributed by atoms with Crippen molar-refractivity contribution in [2.45, 2.75) is 12.6 Å². The number of nitrogens with zero attached hydrogens (tertiary/aromatic N) is 3. The van der Waals surface area contributed by atoms with Gasteiger partial charge >= 0.3 is 0 Å². The summed E-state index contributed by atoms with van der Waals surface area (Å²) in [5.74, 6) is 1.94. The van der Waals surface area contributed by atoms with Crippen molar-refractivity contribution < 1.29 is 9.84 Å². The van der Waals surface area contributed by atoms with Gasteiger partial charge in [-0.25, -0.2) is 9.97 Å². The molecule has 1 atom stereocenters. The lowest BCUT2D eigenvalue weighted by atomic mass is 9.98. The van der Waals surface area contributed by atoms with Crippen molar-refractivity contribution in [3.05, 3.63) is 67.1 Å². The highest BCUT2D eigenvalue weighted by Gasteiger charge is 2.31. The van der Waals surface area contributed by atoms with E-state index >= 15 is 0 Å². The number of phenols is 1. The number of nitrogens with two attached hydrogens (primary N) is 2. The number of phenolic OH excluding ortho intramolecular Hbond substituents is 1. The van der Waals surface area contributed by atoms with E-state index in [1.54, 1.807) is 24.3 Å². The lowest BCUT2D eigenvalue weighted by molar-refractivity contribution is 0.464. The van der Waals surface area contributed by atoms with Crippen molar-refractivity contribution >= 4 is 22.4 Å². The second-order valence-corrected chi connectivity index (χ2v) is 7.04. The number of hydrogen-bond acceptors (Lipinski definition) is 6. The fourth-order valence-electron chi connectivity index (χ4n) is 3.81. The maximum Gasteiger partial charge on any atom is 0.146 e. The van der Waals surface area contributed by atoms with Gasteiger partial charge in [-0.3, -0.25) is 0 Å².